The summed E-state index contributed by atoms with van der Waals surface area (Å²) in [6, 6.07) is 1.84. The standard InChI is InChI=1S/C11H17BrN2O3/c1-16-7-5-14-11(15)2-4-13-8-10-9(12)3-6-17-10/h3,6,13H,2,4-5,7-8H2,1H3,(H,14,15). The maximum atomic E-state index is 11.3. The molecule has 0 saturated carbocycles. The molecule has 0 atom stereocenters. The van der Waals surface area contributed by atoms with E-state index >= 15 is 0 Å². The van der Waals surface area contributed by atoms with Gasteiger partial charge in [-0.3, -0.25) is 4.79 Å². The van der Waals surface area contributed by atoms with E-state index in [1.165, 1.54) is 0 Å². The first kappa shape index (κ1) is 14.2. The Kier molecular flexibility index (Phi) is 6.91. The normalized spacial score (nSPS) is 10.5. The Balaban J connectivity index is 2.04. The monoisotopic (exact) mass is 304 g/mol. The Hall–Kier alpha value is -0.850. The smallest absolute Gasteiger partial charge is 0.221 e. The summed E-state index contributed by atoms with van der Waals surface area (Å²) >= 11 is 3.36. The number of furan rings is 1. The van der Waals surface area contributed by atoms with Crippen LogP contribution in [0.15, 0.2) is 21.2 Å². The minimum Gasteiger partial charge on any atom is -0.467 e. The fraction of sp³-hybridized carbons (Fsp3) is 0.545. The first-order chi connectivity index (χ1) is 8.24. The van der Waals surface area contributed by atoms with Crippen molar-refractivity contribution in [3.8, 4) is 0 Å². The Bertz CT molecular complexity index is 341. The lowest BCUT2D eigenvalue weighted by atomic mass is 10.3. The van der Waals surface area contributed by atoms with Crippen molar-refractivity contribution in [2.45, 2.75) is 13.0 Å². The van der Waals surface area contributed by atoms with Gasteiger partial charge in [0.05, 0.1) is 23.9 Å². The Morgan fingerprint density at radius 3 is 3.00 bits per heavy atom. The molecule has 1 rings (SSSR count). The van der Waals surface area contributed by atoms with E-state index in [-0.39, 0.29) is 5.91 Å². The van der Waals surface area contributed by atoms with Crippen molar-refractivity contribution >= 4 is 21.8 Å². The van der Waals surface area contributed by atoms with Gasteiger partial charge in [-0.1, -0.05) is 0 Å². The summed E-state index contributed by atoms with van der Waals surface area (Å²) in [6.45, 7) is 2.32. The van der Waals surface area contributed by atoms with Crippen molar-refractivity contribution in [3.05, 3.63) is 22.6 Å². The van der Waals surface area contributed by atoms with E-state index in [0.717, 1.165) is 10.2 Å². The van der Waals surface area contributed by atoms with Crippen LogP contribution in [0.5, 0.6) is 0 Å². The topological polar surface area (TPSA) is 63.5 Å². The molecule has 0 unspecified atom stereocenters. The van der Waals surface area contributed by atoms with Gasteiger partial charge in [0, 0.05) is 26.6 Å². The van der Waals surface area contributed by atoms with Gasteiger partial charge in [0.1, 0.15) is 5.76 Å². The lowest BCUT2D eigenvalue weighted by molar-refractivity contribution is -0.121. The molecule has 0 aromatic carbocycles. The molecule has 0 aliphatic heterocycles. The molecule has 0 radical (unpaired) electrons. The molecule has 5 nitrogen and oxygen atoms in total. The van der Waals surface area contributed by atoms with Crippen molar-refractivity contribution < 1.29 is 13.9 Å². The average Bonchev–Trinajstić information content (AvgIpc) is 2.71. The second-order valence-electron chi connectivity index (χ2n) is 3.46. The second-order valence-corrected chi connectivity index (χ2v) is 4.32. The maximum absolute atomic E-state index is 11.3. The van der Waals surface area contributed by atoms with Crippen LogP contribution in [0.4, 0.5) is 0 Å². The largest absolute Gasteiger partial charge is 0.467 e. The van der Waals surface area contributed by atoms with Gasteiger partial charge in [-0.05, 0) is 22.0 Å². The van der Waals surface area contributed by atoms with Crippen molar-refractivity contribution in [3.63, 3.8) is 0 Å². The van der Waals surface area contributed by atoms with E-state index in [1.807, 2.05) is 6.07 Å². The number of nitrogens with one attached hydrogen (secondary N) is 2. The number of hydrogen-bond donors (Lipinski definition) is 2. The first-order valence-corrected chi connectivity index (χ1v) is 6.21. The molecule has 0 aliphatic carbocycles. The van der Waals surface area contributed by atoms with Gasteiger partial charge in [-0.15, -0.1) is 0 Å². The van der Waals surface area contributed by atoms with Crippen LogP contribution in [0.2, 0.25) is 0 Å². The fourth-order valence-corrected chi connectivity index (χ4v) is 1.58. The van der Waals surface area contributed by atoms with Crippen LogP contribution in [0.3, 0.4) is 0 Å². The number of carbonyl (C=O) groups is 1. The summed E-state index contributed by atoms with van der Waals surface area (Å²) in [5.74, 6) is 0.859. The van der Waals surface area contributed by atoms with Crippen LogP contribution in [-0.2, 0) is 16.1 Å². The number of carbonyl (C=O) groups excluding carboxylic acids is 1. The quantitative estimate of drug-likeness (QED) is 0.710. The lowest BCUT2D eigenvalue weighted by Crippen LogP contribution is -2.29. The number of methoxy groups -OCH3 is 1. The molecule has 1 aromatic heterocycles. The van der Waals surface area contributed by atoms with E-state index in [2.05, 4.69) is 26.6 Å². The third-order valence-electron chi connectivity index (χ3n) is 2.13. The van der Waals surface area contributed by atoms with Crippen LogP contribution >= 0.6 is 15.9 Å². The molecule has 0 bridgehead atoms. The zero-order valence-electron chi connectivity index (χ0n) is 9.79. The molecule has 1 amide bonds. The zero-order chi connectivity index (χ0) is 12.5. The third-order valence-corrected chi connectivity index (χ3v) is 2.84. The van der Waals surface area contributed by atoms with Gasteiger partial charge >= 0.3 is 0 Å². The highest BCUT2D eigenvalue weighted by Gasteiger charge is 2.03. The van der Waals surface area contributed by atoms with E-state index in [9.17, 15) is 4.79 Å². The summed E-state index contributed by atoms with van der Waals surface area (Å²) in [5, 5.41) is 5.89. The highest BCUT2D eigenvalue weighted by atomic mass is 79.9. The molecule has 1 aromatic rings. The van der Waals surface area contributed by atoms with Crippen LogP contribution < -0.4 is 10.6 Å². The molecule has 96 valence electrons. The van der Waals surface area contributed by atoms with Crippen molar-refractivity contribution in [1.82, 2.24) is 10.6 Å². The van der Waals surface area contributed by atoms with Gasteiger partial charge in [0.15, 0.2) is 0 Å². The van der Waals surface area contributed by atoms with Gasteiger partial charge < -0.3 is 19.8 Å². The SMILES string of the molecule is COCCNC(=O)CCNCc1occc1Br. The highest BCUT2D eigenvalue weighted by Crippen LogP contribution is 2.16. The summed E-state index contributed by atoms with van der Waals surface area (Å²) in [6.07, 6.45) is 2.07. The number of halogens is 1. The van der Waals surface area contributed by atoms with Gasteiger partial charge in [0.25, 0.3) is 0 Å². The molecule has 1 heterocycles. The average molecular weight is 305 g/mol. The van der Waals surface area contributed by atoms with Crippen molar-refractivity contribution in [2.24, 2.45) is 0 Å². The summed E-state index contributed by atoms with van der Waals surface area (Å²) in [7, 11) is 1.61. The van der Waals surface area contributed by atoms with E-state index in [4.69, 9.17) is 9.15 Å². The van der Waals surface area contributed by atoms with E-state index in [1.54, 1.807) is 13.4 Å². The molecule has 0 spiro atoms. The van der Waals surface area contributed by atoms with Gasteiger partial charge in [-0.25, -0.2) is 0 Å². The van der Waals surface area contributed by atoms with Crippen LogP contribution in [0.1, 0.15) is 12.2 Å². The summed E-state index contributed by atoms with van der Waals surface area (Å²) in [4.78, 5) is 11.3. The van der Waals surface area contributed by atoms with Crippen molar-refractivity contribution in [2.75, 3.05) is 26.8 Å². The minimum absolute atomic E-state index is 0.0214. The minimum atomic E-state index is 0.0214. The van der Waals surface area contributed by atoms with E-state index in [0.29, 0.717) is 32.7 Å². The predicted molar refractivity (Wildman–Crippen MR) is 67.6 cm³/mol. The van der Waals surface area contributed by atoms with Crippen LogP contribution in [0.25, 0.3) is 0 Å². The molecule has 17 heavy (non-hydrogen) atoms. The molecular weight excluding hydrogens is 288 g/mol. The van der Waals surface area contributed by atoms with Crippen molar-refractivity contribution in [1.29, 1.82) is 0 Å². The predicted octanol–water partition coefficient (Wildman–Crippen LogP) is 1.28. The summed E-state index contributed by atoms with van der Waals surface area (Å²) in [5.41, 5.74) is 0. The number of rotatable bonds is 8. The molecule has 0 fully saturated rings. The third kappa shape index (κ3) is 5.86. The Labute approximate surface area is 109 Å². The summed E-state index contributed by atoms with van der Waals surface area (Å²) < 4.78 is 11.0. The molecule has 2 N–H and O–H groups in total. The number of ether oxygens (including phenoxy) is 1. The Morgan fingerprint density at radius 2 is 2.35 bits per heavy atom. The van der Waals surface area contributed by atoms with Crippen LogP contribution in [0, 0.1) is 0 Å². The molecule has 0 saturated heterocycles. The highest BCUT2D eigenvalue weighted by molar-refractivity contribution is 9.10. The number of hydrogen-bond acceptors (Lipinski definition) is 4. The molecular formula is C11H17BrN2O3. The first-order valence-electron chi connectivity index (χ1n) is 5.42. The van der Waals surface area contributed by atoms with Crippen LogP contribution in [-0.4, -0.2) is 32.7 Å². The van der Waals surface area contributed by atoms with E-state index < -0.39 is 0 Å². The lowest BCUT2D eigenvalue weighted by Gasteiger charge is -2.05. The fourth-order valence-electron chi connectivity index (χ4n) is 1.24. The molecule has 6 heteroatoms. The maximum Gasteiger partial charge on any atom is 0.221 e. The molecule has 0 aliphatic rings. The Morgan fingerprint density at radius 1 is 1.53 bits per heavy atom. The van der Waals surface area contributed by atoms with Gasteiger partial charge in [0.2, 0.25) is 5.91 Å². The second kappa shape index (κ2) is 8.27. The van der Waals surface area contributed by atoms with Gasteiger partial charge in [-0.2, -0.15) is 0 Å². The zero-order valence-corrected chi connectivity index (χ0v) is 11.4. The number of amides is 1.